The second-order valence-corrected chi connectivity index (χ2v) is 4.10. The lowest BCUT2D eigenvalue weighted by Crippen LogP contribution is -2.26. The summed E-state index contributed by atoms with van der Waals surface area (Å²) in [6.07, 6.45) is 0.665. The zero-order chi connectivity index (χ0) is 10.1. The van der Waals surface area contributed by atoms with Crippen molar-refractivity contribution >= 4 is 21.8 Å². The van der Waals surface area contributed by atoms with Crippen LogP contribution in [0.4, 0.5) is 0 Å². The van der Waals surface area contributed by atoms with E-state index in [1.165, 1.54) is 0 Å². The van der Waals surface area contributed by atoms with Crippen molar-refractivity contribution in [3.8, 4) is 5.75 Å². The molecular formula is C10H10BrNO2. The fourth-order valence-electron chi connectivity index (χ4n) is 1.68. The smallest absolute Gasteiger partial charge is 0.225 e. The molecule has 2 N–H and O–H groups in total. The summed E-state index contributed by atoms with van der Waals surface area (Å²) in [5, 5.41) is 0. The number of primary amides is 1. The number of ether oxygens (including phenoxy) is 1. The largest absolute Gasteiger partial charge is 0.492 e. The molecule has 74 valence electrons. The number of nitrogens with two attached hydrogens (primary N) is 1. The summed E-state index contributed by atoms with van der Waals surface area (Å²) in [4.78, 5) is 11.2. The number of halogens is 1. The van der Waals surface area contributed by atoms with Gasteiger partial charge in [0.2, 0.25) is 5.91 Å². The summed E-state index contributed by atoms with van der Waals surface area (Å²) >= 11 is 3.38. The van der Waals surface area contributed by atoms with Crippen LogP contribution in [0.3, 0.4) is 0 Å². The average Bonchev–Trinajstić information content (AvgIpc) is 2.17. The summed E-state index contributed by atoms with van der Waals surface area (Å²) in [7, 11) is 0. The van der Waals surface area contributed by atoms with Gasteiger partial charge in [-0.25, -0.2) is 0 Å². The van der Waals surface area contributed by atoms with Crippen molar-refractivity contribution in [2.45, 2.75) is 12.3 Å². The van der Waals surface area contributed by atoms with E-state index in [1.807, 2.05) is 18.2 Å². The van der Waals surface area contributed by atoms with Crippen molar-refractivity contribution in [1.29, 1.82) is 0 Å². The van der Waals surface area contributed by atoms with Gasteiger partial charge in [-0.2, -0.15) is 0 Å². The Bertz CT molecular complexity index is 378. The quantitative estimate of drug-likeness (QED) is 0.832. The first kappa shape index (κ1) is 9.52. The standard InChI is InChI=1S/C10H10BrNO2/c11-8-3-1-2-6-7(10(12)13)4-5-14-9(6)8/h1-3,7H,4-5H2,(H2,12,13). The summed E-state index contributed by atoms with van der Waals surface area (Å²) in [6.45, 7) is 0.545. The molecule has 0 aromatic heterocycles. The highest BCUT2D eigenvalue weighted by atomic mass is 79.9. The minimum atomic E-state index is -0.285. The third-order valence-electron chi connectivity index (χ3n) is 2.37. The monoisotopic (exact) mass is 255 g/mol. The third-order valence-corrected chi connectivity index (χ3v) is 2.99. The number of carbonyl (C=O) groups excluding carboxylic acids is 1. The molecule has 0 radical (unpaired) electrons. The zero-order valence-corrected chi connectivity index (χ0v) is 9.08. The third kappa shape index (κ3) is 1.50. The predicted octanol–water partition coefficient (Wildman–Crippen LogP) is 1.80. The molecule has 1 aliphatic rings. The molecule has 0 saturated carbocycles. The van der Waals surface area contributed by atoms with E-state index in [0.29, 0.717) is 13.0 Å². The van der Waals surface area contributed by atoms with Crippen LogP contribution in [0, 0.1) is 0 Å². The maximum atomic E-state index is 11.2. The molecule has 0 bridgehead atoms. The molecule has 1 amide bonds. The van der Waals surface area contributed by atoms with E-state index >= 15 is 0 Å². The Kier molecular flexibility index (Phi) is 2.46. The molecule has 0 aliphatic carbocycles. The Hall–Kier alpha value is -1.03. The first-order valence-corrected chi connectivity index (χ1v) is 5.20. The van der Waals surface area contributed by atoms with Gasteiger partial charge in [0.05, 0.1) is 17.0 Å². The SMILES string of the molecule is NC(=O)C1CCOc2c(Br)cccc21. The van der Waals surface area contributed by atoms with Crippen molar-refractivity contribution in [2.75, 3.05) is 6.61 Å². The Morgan fingerprint density at radius 2 is 2.36 bits per heavy atom. The van der Waals surface area contributed by atoms with Crippen LogP contribution in [-0.4, -0.2) is 12.5 Å². The van der Waals surface area contributed by atoms with Crippen molar-refractivity contribution in [1.82, 2.24) is 0 Å². The van der Waals surface area contributed by atoms with Gasteiger partial charge < -0.3 is 10.5 Å². The van der Waals surface area contributed by atoms with Crippen LogP contribution >= 0.6 is 15.9 Å². The second kappa shape index (κ2) is 3.61. The van der Waals surface area contributed by atoms with Crippen molar-refractivity contribution in [3.05, 3.63) is 28.2 Å². The fraction of sp³-hybridized carbons (Fsp3) is 0.300. The van der Waals surface area contributed by atoms with E-state index in [2.05, 4.69) is 15.9 Å². The number of benzene rings is 1. The number of hydrogen-bond donors (Lipinski definition) is 1. The van der Waals surface area contributed by atoms with Gasteiger partial charge in [-0.1, -0.05) is 12.1 Å². The van der Waals surface area contributed by atoms with Gasteiger partial charge in [-0.05, 0) is 28.4 Å². The Balaban J connectivity index is 2.49. The van der Waals surface area contributed by atoms with E-state index < -0.39 is 0 Å². The van der Waals surface area contributed by atoms with Crippen molar-refractivity contribution in [2.24, 2.45) is 5.73 Å². The lowest BCUT2D eigenvalue weighted by molar-refractivity contribution is -0.120. The van der Waals surface area contributed by atoms with Crippen LogP contribution in [0.15, 0.2) is 22.7 Å². The van der Waals surface area contributed by atoms with Gasteiger partial charge in [0, 0.05) is 5.56 Å². The maximum absolute atomic E-state index is 11.2. The lowest BCUT2D eigenvalue weighted by Gasteiger charge is -2.24. The molecule has 0 spiro atoms. The number of para-hydroxylation sites is 1. The molecule has 1 aliphatic heterocycles. The molecular weight excluding hydrogens is 246 g/mol. The lowest BCUT2D eigenvalue weighted by atomic mass is 9.93. The molecule has 3 nitrogen and oxygen atoms in total. The van der Waals surface area contributed by atoms with E-state index in [0.717, 1.165) is 15.8 Å². The minimum Gasteiger partial charge on any atom is -0.492 e. The summed E-state index contributed by atoms with van der Waals surface area (Å²) in [5.74, 6) is 0.256. The number of amides is 1. The van der Waals surface area contributed by atoms with Crippen LogP contribution < -0.4 is 10.5 Å². The number of fused-ring (bicyclic) bond motifs is 1. The van der Waals surface area contributed by atoms with Gasteiger partial charge in [-0.15, -0.1) is 0 Å². The Morgan fingerprint density at radius 1 is 1.57 bits per heavy atom. The van der Waals surface area contributed by atoms with Gasteiger partial charge in [0.15, 0.2) is 0 Å². The Morgan fingerprint density at radius 3 is 3.07 bits per heavy atom. The summed E-state index contributed by atoms with van der Waals surface area (Å²) in [5.41, 5.74) is 6.21. The van der Waals surface area contributed by atoms with Crippen molar-refractivity contribution < 1.29 is 9.53 Å². The highest BCUT2D eigenvalue weighted by Gasteiger charge is 2.26. The second-order valence-electron chi connectivity index (χ2n) is 3.25. The van der Waals surface area contributed by atoms with E-state index in [4.69, 9.17) is 10.5 Å². The van der Waals surface area contributed by atoms with E-state index in [-0.39, 0.29) is 11.8 Å². The van der Waals surface area contributed by atoms with Crippen LogP contribution in [0.5, 0.6) is 5.75 Å². The van der Waals surface area contributed by atoms with E-state index in [9.17, 15) is 4.79 Å². The molecule has 14 heavy (non-hydrogen) atoms. The van der Waals surface area contributed by atoms with Crippen molar-refractivity contribution in [3.63, 3.8) is 0 Å². The molecule has 0 fully saturated rings. The van der Waals surface area contributed by atoms with Crippen LogP contribution in [0.25, 0.3) is 0 Å². The molecule has 1 aromatic rings. The molecule has 1 heterocycles. The van der Waals surface area contributed by atoms with Gasteiger partial charge in [-0.3, -0.25) is 4.79 Å². The topological polar surface area (TPSA) is 52.3 Å². The summed E-state index contributed by atoms with van der Waals surface area (Å²) in [6, 6.07) is 5.66. The normalized spacial score (nSPS) is 19.6. The Labute approximate surface area is 90.4 Å². The molecule has 4 heteroatoms. The maximum Gasteiger partial charge on any atom is 0.225 e. The van der Waals surface area contributed by atoms with Crippen LogP contribution in [0.2, 0.25) is 0 Å². The number of rotatable bonds is 1. The molecule has 0 saturated heterocycles. The fourth-order valence-corrected chi connectivity index (χ4v) is 2.18. The minimum absolute atomic E-state index is 0.212. The first-order chi connectivity index (χ1) is 6.70. The zero-order valence-electron chi connectivity index (χ0n) is 7.50. The van der Waals surface area contributed by atoms with Gasteiger partial charge >= 0.3 is 0 Å². The highest BCUT2D eigenvalue weighted by Crippen LogP contribution is 2.38. The highest BCUT2D eigenvalue weighted by molar-refractivity contribution is 9.10. The predicted molar refractivity (Wildman–Crippen MR) is 56.2 cm³/mol. The van der Waals surface area contributed by atoms with E-state index in [1.54, 1.807) is 0 Å². The summed E-state index contributed by atoms with van der Waals surface area (Å²) < 4.78 is 6.36. The van der Waals surface area contributed by atoms with Crippen LogP contribution in [0.1, 0.15) is 17.9 Å². The molecule has 1 unspecified atom stereocenters. The van der Waals surface area contributed by atoms with Gasteiger partial charge in [0.25, 0.3) is 0 Å². The molecule has 1 atom stereocenters. The first-order valence-electron chi connectivity index (χ1n) is 4.40. The van der Waals surface area contributed by atoms with Gasteiger partial charge in [0.1, 0.15) is 5.75 Å². The average molecular weight is 256 g/mol. The molecule has 1 aromatic carbocycles. The number of carbonyl (C=O) groups is 1. The molecule has 2 rings (SSSR count). The number of hydrogen-bond acceptors (Lipinski definition) is 2. The van der Waals surface area contributed by atoms with Crippen LogP contribution in [-0.2, 0) is 4.79 Å².